The lowest BCUT2D eigenvalue weighted by Crippen LogP contribution is -2.28. The SMILES string of the molecule is Cc1ccc(N=C2S/C(=C/c3ccc(-c4ccc(Cl)c(Br)c4)o3)C(=O)N2c2ccc(C)cc2)cc1. The van der Waals surface area contributed by atoms with Crippen molar-refractivity contribution in [1.82, 2.24) is 0 Å². The molecular weight excluding hydrogens is 544 g/mol. The number of hydrogen-bond acceptors (Lipinski definition) is 4. The number of carbonyl (C=O) groups excluding carboxylic acids is 1. The maximum absolute atomic E-state index is 13.5. The molecule has 1 saturated heterocycles. The molecule has 2 heterocycles. The van der Waals surface area contributed by atoms with Crippen LogP contribution in [0.4, 0.5) is 11.4 Å². The van der Waals surface area contributed by atoms with Gasteiger partial charge in [0.25, 0.3) is 5.91 Å². The first-order chi connectivity index (χ1) is 16.9. The van der Waals surface area contributed by atoms with Gasteiger partial charge in [-0.25, -0.2) is 4.99 Å². The highest BCUT2D eigenvalue weighted by molar-refractivity contribution is 9.10. The quantitative estimate of drug-likeness (QED) is 0.233. The van der Waals surface area contributed by atoms with E-state index in [2.05, 4.69) is 15.9 Å². The number of benzene rings is 3. The molecule has 0 radical (unpaired) electrons. The standard InChI is InChI=1S/C28H20BrClN2O2S/c1-17-3-8-20(9-4-17)31-28-32(21-10-5-18(2)6-11-21)27(33)26(35-28)16-22-12-14-25(34-22)19-7-13-24(30)23(29)15-19/h3-16H,1-2H3/b26-16+,31-28?. The lowest BCUT2D eigenvalue weighted by molar-refractivity contribution is -0.113. The Balaban J connectivity index is 1.50. The minimum absolute atomic E-state index is 0.142. The minimum atomic E-state index is -0.142. The highest BCUT2D eigenvalue weighted by Gasteiger charge is 2.35. The highest BCUT2D eigenvalue weighted by atomic mass is 79.9. The van der Waals surface area contributed by atoms with E-state index in [-0.39, 0.29) is 5.91 Å². The summed E-state index contributed by atoms with van der Waals surface area (Å²) in [6.07, 6.45) is 1.76. The number of furan rings is 1. The highest BCUT2D eigenvalue weighted by Crippen LogP contribution is 2.38. The Kier molecular flexibility index (Phi) is 6.69. The van der Waals surface area contributed by atoms with Crippen LogP contribution in [-0.4, -0.2) is 11.1 Å². The Hall–Kier alpha value is -3.06. The molecule has 1 aliphatic heterocycles. The molecule has 0 saturated carbocycles. The Bertz CT molecular complexity index is 1470. The van der Waals surface area contributed by atoms with E-state index in [4.69, 9.17) is 21.0 Å². The first-order valence-corrected chi connectivity index (χ1v) is 12.9. The lowest BCUT2D eigenvalue weighted by Gasteiger charge is -2.16. The number of anilines is 1. The molecule has 3 aromatic carbocycles. The third-order valence-corrected chi connectivity index (χ3v) is 7.64. The van der Waals surface area contributed by atoms with Crippen LogP contribution in [0.25, 0.3) is 17.4 Å². The van der Waals surface area contributed by atoms with Gasteiger partial charge in [0.2, 0.25) is 0 Å². The first kappa shape index (κ1) is 23.7. The second-order valence-corrected chi connectivity index (χ2v) is 10.4. The van der Waals surface area contributed by atoms with E-state index in [1.807, 2.05) is 92.7 Å². The van der Waals surface area contributed by atoms with Gasteiger partial charge >= 0.3 is 0 Å². The van der Waals surface area contributed by atoms with Gasteiger partial charge in [-0.05, 0) is 96.1 Å². The van der Waals surface area contributed by atoms with Crippen LogP contribution in [0.1, 0.15) is 16.9 Å². The van der Waals surface area contributed by atoms with Crippen molar-refractivity contribution in [1.29, 1.82) is 0 Å². The van der Waals surface area contributed by atoms with E-state index in [1.165, 1.54) is 11.8 Å². The number of amides is 1. The van der Waals surface area contributed by atoms with E-state index < -0.39 is 0 Å². The number of aryl methyl sites for hydroxylation is 2. The molecule has 0 N–H and O–H groups in total. The van der Waals surface area contributed by atoms with E-state index in [1.54, 1.807) is 11.0 Å². The van der Waals surface area contributed by atoms with Gasteiger partial charge in [0, 0.05) is 16.1 Å². The molecule has 1 aromatic heterocycles. The van der Waals surface area contributed by atoms with Gasteiger partial charge in [-0.3, -0.25) is 9.69 Å². The number of amidine groups is 1. The summed E-state index contributed by atoms with van der Waals surface area (Å²) in [4.78, 5) is 20.5. The number of nitrogens with zero attached hydrogens (tertiary/aromatic N) is 2. The summed E-state index contributed by atoms with van der Waals surface area (Å²) in [7, 11) is 0. The fraction of sp³-hybridized carbons (Fsp3) is 0.0714. The predicted octanol–water partition coefficient (Wildman–Crippen LogP) is 8.79. The molecule has 174 valence electrons. The molecule has 0 spiro atoms. The maximum atomic E-state index is 13.5. The molecule has 35 heavy (non-hydrogen) atoms. The predicted molar refractivity (Wildman–Crippen MR) is 149 cm³/mol. The average molecular weight is 564 g/mol. The third-order valence-electron chi connectivity index (χ3n) is 5.46. The largest absolute Gasteiger partial charge is 0.457 e. The number of thioether (sulfide) groups is 1. The molecule has 0 bridgehead atoms. The Morgan fingerprint density at radius 2 is 1.63 bits per heavy atom. The Morgan fingerprint density at radius 1 is 0.943 bits per heavy atom. The van der Waals surface area contributed by atoms with Crippen molar-refractivity contribution in [3.05, 3.63) is 110 Å². The summed E-state index contributed by atoms with van der Waals surface area (Å²) in [5, 5.41) is 1.23. The van der Waals surface area contributed by atoms with Crippen LogP contribution in [-0.2, 0) is 4.79 Å². The summed E-state index contributed by atoms with van der Waals surface area (Å²) < 4.78 is 6.83. The number of rotatable bonds is 4. The number of aliphatic imine (C=N–C) groups is 1. The van der Waals surface area contributed by atoms with Gasteiger partial charge in [0.1, 0.15) is 11.5 Å². The first-order valence-electron chi connectivity index (χ1n) is 10.9. The molecule has 0 unspecified atom stereocenters. The monoisotopic (exact) mass is 562 g/mol. The molecule has 1 aliphatic rings. The smallest absolute Gasteiger partial charge is 0.271 e. The van der Waals surface area contributed by atoms with Crippen molar-refractivity contribution in [3.63, 3.8) is 0 Å². The second-order valence-electron chi connectivity index (χ2n) is 8.15. The van der Waals surface area contributed by atoms with Crippen molar-refractivity contribution in [2.75, 3.05) is 4.90 Å². The zero-order valence-corrected chi connectivity index (χ0v) is 22.1. The molecule has 5 rings (SSSR count). The second kappa shape index (κ2) is 9.90. The van der Waals surface area contributed by atoms with E-state index in [0.29, 0.717) is 26.6 Å². The summed E-state index contributed by atoms with van der Waals surface area (Å²) in [6, 6.07) is 25.1. The van der Waals surface area contributed by atoms with Gasteiger partial charge in [0.15, 0.2) is 5.17 Å². The molecule has 7 heteroatoms. The van der Waals surface area contributed by atoms with Crippen LogP contribution in [0.3, 0.4) is 0 Å². The van der Waals surface area contributed by atoms with E-state index in [9.17, 15) is 4.79 Å². The Morgan fingerprint density at radius 3 is 2.31 bits per heavy atom. The van der Waals surface area contributed by atoms with Crippen molar-refractivity contribution < 1.29 is 9.21 Å². The van der Waals surface area contributed by atoms with Gasteiger partial charge in [-0.15, -0.1) is 0 Å². The van der Waals surface area contributed by atoms with Crippen LogP contribution in [0.2, 0.25) is 5.02 Å². The van der Waals surface area contributed by atoms with Gasteiger partial charge < -0.3 is 4.42 Å². The summed E-state index contributed by atoms with van der Waals surface area (Å²) in [5.41, 5.74) is 4.73. The topological polar surface area (TPSA) is 45.8 Å². The molecule has 1 fully saturated rings. The fourth-order valence-electron chi connectivity index (χ4n) is 3.56. The molecule has 0 aliphatic carbocycles. The van der Waals surface area contributed by atoms with Gasteiger partial charge in [0.05, 0.1) is 21.3 Å². The van der Waals surface area contributed by atoms with Crippen molar-refractivity contribution in [2.45, 2.75) is 13.8 Å². The lowest BCUT2D eigenvalue weighted by atomic mass is 10.2. The molecule has 1 amide bonds. The maximum Gasteiger partial charge on any atom is 0.271 e. The number of hydrogen-bond donors (Lipinski definition) is 0. The molecule has 4 nitrogen and oxygen atoms in total. The molecule has 4 aromatic rings. The van der Waals surface area contributed by atoms with E-state index in [0.717, 1.165) is 32.5 Å². The van der Waals surface area contributed by atoms with Crippen LogP contribution < -0.4 is 4.90 Å². The third kappa shape index (κ3) is 5.15. The summed E-state index contributed by atoms with van der Waals surface area (Å²) in [5.74, 6) is 1.13. The average Bonchev–Trinajstić information content (AvgIpc) is 3.43. The molecule has 0 atom stereocenters. The molecular formula is C28H20BrClN2O2S. The normalized spacial score (nSPS) is 16.0. The van der Waals surface area contributed by atoms with E-state index >= 15 is 0 Å². The van der Waals surface area contributed by atoms with Crippen LogP contribution in [0.15, 0.2) is 97.7 Å². The summed E-state index contributed by atoms with van der Waals surface area (Å²) in [6.45, 7) is 4.05. The summed E-state index contributed by atoms with van der Waals surface area (Å²) >= 11 is 10.9. The van der Waals surface area contributed by atoms with Gasteiger partial charge in [-0.2, -0.15) is 0 Å². The zero-order valence-electron chi connectivity index (χ0n) is 19.0. The number of halogens is 2. The number of carbonyl (C=O) groups is 1. The van der Waals surface area contributed by atoms with Crippen LogP contribution >= 0.6 is 39.3 Å². The van der Waals surface area contributed by atoms with Crippen LogP contribution in [0.5, 0.6) is 0 Å². The van der Waals surface area contributed by atoms with Crippen LogP contribution in [0, 0.1) is 13.8 Å². The van der Waals surface area contributed by atoms with Crippen molar-refractivity contribution >= 4 is 67.8 Å². The zero-order chi connectivity index (χ0) is 24.5. The minimum Gasteiger partial charge on any atom is -0.457 e. The fourth-order valence-corrected chi connectivity index (χ4v) is 5.04. The van der Waals surface area contributed by atoms with Gasteiger partial charge in [-0.1, -0.05) is 47.0 Å². The van der Waals surface area contributed by atoms with Crippen molar-refractivity contribution in [3.8, 4) is 11.3 Å². The van der Waals surface area contributed by atoms with Crippen molar-refractivity contribution in [2.24, 2.45) is 4.99 Å². The Labute approximate surface area is 221 Å².